The molecule has 1 fully saturated rings. The second-order valence-electron chi connectivity index (χ2n) is 9.51. The number of rotatable bonds is 9. The van der Waals surface area contributed by atoms with Gasteiger partial charge in [-0.15, -0.1) is 0 Å². The first-order valence-electron chi connectivity index (χ1n) is 11.8. The summed E-state index contributed by atoms with van der Waals surface area (Å²) in [5, 5.41) is 0. The third kappa shape index (κ3) is 6.28. The molecular formula is C26H38N2O4S. The summed E-state index contributed by atoms with van der Waals surface area (Å²) in [5.41, 5.74) is 2.79. The van der Waals surface area contributed by atoms with E-state index in [9.17, 15) is 8.42 Å². The molecule has 1 saturated heterocycles. The van der Waals surface area contributed by atoms with Gasteiger partial charge in [0.15, 0.2) is 0 Å². The smallest absolute Gasteiger partial charge is 0.264 e. The third-order valence-corrected chi connectivity index (χ3v) is 7.83. The van der Waals surface area contributed by atoms with Crippen molar-refractivity contribution in [1.29, 1.82) is 0 Å². The zero-order valence-electron chi connectivity index (χ0n) is 20.7. The molecule has 0 spiro atoms. The molecule has 2 atom stereocenters. The Morgan fingerprint density at radius 3 is 2.27 bits per heavy atom. The molecule has 33 heavy (non-hydrogen) atoms. The minimum Gasteiger partial charge on any atom is -0.492 e. The van der Waals surface area contributed by atoms with Crippen molar-refractivity contribution in [2.24, 2.45) is 5.92 Å². The van der Waals surface area contributed by atoms with Crippen molar-refractivity contribution >= 4 is 15.7 Å². The molecule has 0 aliphatic carbocycles. The van der Waals surface area contributed by atoms with E-state index in [0.717, 1.165) is 36.6 Å². The summed E-state index contributed by atoms with van der Waals surface area (Å²) in [6.07, 6.45) is 0. The fourth-order valence-electron chi connectivity index (χ4n) is 4.32. The highest BCUT2D eigenvalue weighted by Crippen LogP contribution is 2.29. The van der Waals surface area contributed by atoms with Gasteiger partial charge in [-0.2, -0.15) is 0 Å². The molecule has 0 aromatic heterocycles. The average molecular weight is 475 g/mol. The molecule has 7 heteroatoms. The lowest BCUT2D eigenvalue weighted by atomic mass is 10.1. The Balaban J connectivity index is 1.73. The lowest BCUT2D eigenvalue weighted by molar-refractivity contribution is -0.0407. The quantitative estimate of drug-likeness (QED) is 0.530. The number of morpholine rings is 1. The van der Waals surface area contributed by atoms with Gasteiger partial charge in [0.1, 0.15) is 12.4 Å². The maximum Gasteiger partial charge on any atom is 0.264 e. The van der Waals surface area contributed by atoms with Crippen LogP contribution in [0.25, 0.3) is 0 Å². The molecule has 1 aliphatic rings. The van der Waals surface area contributed by atoms with Gasteiger partial charge in [-0.25, -0.2) is 8.42 Å². The number of hydrogen-bond acceptors (Lipinski definition) is 5. The average Bonchev–Trinajstić information content (AvgIpc) is 2.75. The number of aryl methyl sites for hydroxylation is 2. The molecule has 0 saturated carbocycles. The van der Waals surface area contributed by atoms with Crippen LogP contribution in [-0.4, -0.2) is 58.3 Å². The van der Waals surface area contributed by atoms with Crippen molar-refractivity contribution in [1.82, 2.24) is 4.90 Å². The molecule has 182 valence electrons. The molecule has 2 aromatic rings. The van der Waals surface area contributed by atoms with Gasteiger partial charge < -0.3 is 9.47 Å². The van der Waals surface area contributed by atoms with E-state index in [0.29, 0.717) is 31.0 Å². The molecule has 3 rings (SSSR count). The zero-order chi connectivity index (χ0) is 24.2. The monoisotopic (exact) mass is 474 g/mol. The van der Waals surface area contributed by atoms with Crippen molar-refractivity contribution in [3.05, 3.63) is 53.6 Å². The lowest BCUT2D eigenvalue weighted by Gasteiger charge is -2.38. The first-order valence-corrected chi connectivity index (χ1v) is 13.2. The van der Waals surface area contributed by atoms with Crippen molar-refractivity contribution in [3.8, 4) is 5.75 Å². The Labute approximate surface area is 199 Å². The van der Waals surface area contributed by atoms with E-state index in [2.05, 4.69) is 18.7 Å². The van der Waals surface area contributed by atoms with Gasteiger partial charge >= 0.3 is 0 Å². The first-order chi connectivity index (χ1) is 15.6. The van der Waals surface area contributed by atoms with Crippen molar-refractivity contribution in [3.63, 3.8) is 0 Å². The van der Waals surface area contributed by atoms with Crippen LogP contribution < -0.4 is 9.04 Å². The van der Waals surface area contributed by atoms with Gasteiger partial charge in [0, 0.05) is 25.2 Å². The summed E-state index contributed by atoms with van der Waals surface area (Å²) in [4.78, 5) is 2.65. The normalized spacial score (nSPS) is 19.6. The molecular weight excluding hydrogens is 436 g/mol. The molecule has 0 N–H and O–H groups in total. The summed E-state index contributed by atoms with van der Waals surface area (Å²) < 4.78 is 40.2. The van der Waals surface area contributed by atoms with E-state index in [1.165, 1.54) is 4.31 Å². The summed E-state index contributed by atoms with van der Waals surface area (Å²) in [5.74, 6) is 0.859. The topological polar surface area (TPSA) is 59.1 Å². The summed E-state index contributed by atoms with van der Waals surface area (Å²) in [6.45, 7) is 15.6. The fourth-order valence-corrected chi connectivity index (χ4v) is 6.02. The maximum absolute atomic E-state index is 13.6. The van der Waals surface area contributed by atoms with Crippen molar-refractivity contribution < 1.29 is 17.9 Å². The first kappa shape index (κ1) is 25.5. The number of hydrogen-bond donors (Lipinski definition) is 0. The zero-order valence-corrected chi connectivity index (χ0v) is 21.6. The van der Waals surface area contributed by atoms with Gasteiger partial charge in [0.05, 0.1) is 23.8 Å². The second kappa shape index (κ2) is 10.9. The van der Waals surface area contributed by atoms with Crippen LogP contribution >= 0.6 is 0 Å². The van der Waals surface area contributed by atoms with E-state index < -0.39 is 10.0 Å². The number of benzene rings is 2. The van der Waals surface area contributed by atoms with Crippen LogP contribution in [-0.2, 0) is 14.8 Å². The van der Waals surface area contributed by atoms with Gasteiger partial charge in [-0.1, -0.05) is 31.5 Å². The SMILES string of the molecule is Cc1ccc(N(CC(C)C)S(=O)(=O)c2ccc(OCCN3C(C)COCC3C)cc2)c(C)c1. The van der Waals surface area contributed by atoms with E-state index in [-0.39, 0.29) is 10.8 Å². The van der Waals surface area contributed by atoms with E-state index in [1.807, 2.05) is 45.9 Å². The highest BCUT2D eigenvalue weighted by atomic mass is 32.2. The number of ether oxygens (including phenoxy) is 2. The third-order valence-electron chi connectivity index (χ3n) is 6.03. The van der Waals surface area contributed by atoms with Gasteiger partial charge in [0.2, 0.25) is 0 Å². The highest BCUT2D eigenvalue weighted by Gasteiger charge is 2.27. The van der Waals surface area contributed by atoms with Gasteiger partial charge in [-0.3, -0.25) is 9.21 Å². The van der Waals surface area contributed by atoms with Crippen molar-refractivity contribution in [2.75, 3.05) is 37.2 Å². The molecule has 0 amide bonds. The Morgan fingerprint density at radius 1 is 1.06 bits per heavy atom. The van der Waals surface area contributed by atoms with Crippen molar-refractivity contribution in [2.45, 2.75) is 58.5 Å². The predicted octanol–water partition coefficient (Wildman–Crippen LogP) is 4.64. The number of nitrogens with zero attached hydrogens (tertiary/aromatic N) is 2. The summed E-state index contributed by atoms with van der Waals surface area (Å²) in [6, 6.07) is 13.4. The molecule has 1 aliphatic heterocycles. The largest absolute Gasteiger partial charge is 0.492 e. The van der Waals surface area contributed by atoms with Crippen LogP contribution in [0.15, 0.2) is 47.4 Å². The Kier molecular flexibility index (Phi) is 8.43. The predicted molar refractivity (Wildman–Crippen MR) is 134 cm³/mol. The molecule has 0 bridgehead atoms. The Bertz CT molecular complexity index is 1010. The molecule has 2 aromatic carbocycles. The van der Waals surface area contributed by atoms with Gasteiger partial charge in [0.25, 0.3) is 10.0 Å². The van der Waals surface area contributed by atoms with Crippen LogP contribution in [0.2, 0.25) is 0 Å². The standard InChI is InChI=1S/C26H38N2O4S/c1-19(2)16-28(26-12-7-20(3)15-21(26)4)33(29,30)25-10-8-24(9-11-25)32-14-13-27-22(5)17-31-18-23(27)6/h7-12,15,19,22-23H,13-14,16-18H2,1-6H3. The maximum atomic E-state index is 13.6. The minimum absolute atomic E-state index is 0.188. The fraction of sp³-hybridized carbons (Fsp3) is 0.538. The van der Waals surface area contributed by atoms with Crippen LogP contribution in [0.4, 0.5) is 5.69 Å². The van der Waals surface area contributed by atoms with E-state index in [4.69, 9.17) is 9.47 Å². The Morgan fingerprint density at radius 2 is 1.70 bits per heavy atom. The Hall–Kier alpha value is -2.09. The lowest BCUT2D eigenvalue weighted by Crippen LogP contribution is -2.50. The number of sulfonamides is 1. The summed E-state index contributed by atoms with van der Waals surface area (Å²) in [7, 11) is -3.70. The highest BCUT2D eigenvalue weighted by molar-refractivity contribution is 7.92. The van der Waals surface area contributed by atoms with Gasteiger partial charge in [-0.05, 0) is 69.5 Å². The van der Waals surface area contributed by atoms with Crippen LogP contribution in [0.5, 0.6) is 5.75 Å². The van der Waals surface area contributed by atoms with Crippen LogP contribution in [0.3, 0.4) is 0 Å². The van der Waals surface area contributed by atoms with E-state index >= 15 is 0 Å². The molecule has 6 nitrogen and oxygen atoms in total. The van der Waals surface area contributed by atoms with Crippen LogP contribution in [0, 0.1) is 19.8 Å². The van der Waals surface area contributed by atoms with E-state index in [1.54, 1.807) is 24.3 Å². The number of anilines is 1. The van der Waals surface area contributed by atoms with Crippen LogP contribution in [0.1, 0.15) is 38.8 Å². The molecule has 2 unspecified atom stereocenters. The minimum atomic E-state index is -3.70. The molecule has 1 heterocycles. The second-order valence-corrected chi connectivity index (χ2v) is 11.4. The molecule has 0 radical (unpaired) electrons. The summed E-state index contributed by atoms with van der Waals surface area (Å²) >= 11 is 0.